The molecule has 2 aliphatic rings. The van der Waals surface area contributed by atoms with Crippen molar-refractivity contribution in [3.8, 4) is 0 Å². The third-order valence-corrected chi connectivity index (χ3v) is 7.98. The number of rotatable bonds is 3. The summed E-state index contributed by atoms with van der Waals surface area (Å²) in [5.74, 6) is 1.61. The molecule has 1 amide bonds. The molecule has 0 radical (unpaired) electrons. The highest BCUT2D eigenvalue weighted by atomic mass is 32.1. The van der Waals surface area contributed by atoms with E-state index in [2.05, 4.69) is 50.0 Å². The number of carbonyl (C=O) groups is 1. The summed E-state index contributed by atoms with van der Waals surface area (Å²) in [6.07, 6.45) is 5.70. The summed E-state index contributed by atoms with van der Waals surface area (Å²) < 4.78 is 1.25. The maximum atomic E-state index is 13.0. The van der Waals surface area contributed by atoms with Crippen LogP contribution in [-0.2, 0) is 4.79 Å². The van der Waals surface area contributed by atoms with Crippen LogP contribution in [-0.4, -0.2) is 30.0 Å². The van der Waals surface area contributed by atoms with E-state index in [0.29, 0.717) is 17.9 Å². The van der Waals surface area contributed by atoms with Gasteiger partial charge in [0.1, 0.15) is 0 Å². The molecule has 152 valence electrons. The normalized spacial score (nSPS) is 28.5. The lowest BCUT2D eigenvalue weighted by Crippen LogP contribution is -2.49. The van der Waals surface area contributed by atoms with Crippen LogP contribution in [0.4, 0.5) is 5.13 Å². The molecule has 1 aromatic heterocycles. The van der Waals surface area contributed by atoms with E-state index < -0.39 is 0 Å². The van der Waals surface area contributed by atoms with Crippen molar-refractivity contribution in [3.63, 3.8) is 0 Å². The first-order chi connectivity index (χ1) is 13.4. The Labute approximate surface area is 172 Å². The molecular weight excluding hydrogens is 366 g/mol. The van der Waals surface area contributed by atoms with E-state index in [1.165, 1.54) is 28.7 Å². The number of fused-ring (bicyclic) bond motifs is 1. The van der Waals surface area contributed by atoms with Gasteiger partial charge in [-0.05, 0) is 62.1 Å². The minimum Gasteiger partial charge on any atom is -0.353 e. The fraction of sp³-hybridized carbons (Fsp3) is 0.652. The molecule has 1 saturated heterocycles. The van der Waals surface area contributed by atoms with Crippen molar-refractivity contribution < 1.29 is 4.79 Å². The van der Waals surface area contributed by atoms with Gasteiger partial charge in [-0.15, -0.1) is 0 Å². The van der Waals surface area contributed by atoms with Gasteiger partial charge >= 0.3 is 0 Å². The van der Waals surface area contributed by atoms with Gasteiger partial charge in [-0.2, -0.15) is 0 Å². The van der Waals surface area contributed by atoms with Gasteiger partial charge in [0.25, 0.3) is 0 Å². The van der Waals surface area contributed by atoms with E-state index in [9.17, 15) is 4.79 Å². The van der Waals surface area contributed by atoms with Gasteiger partial charge < -0.3 is 10.2 Å². The molecule has 1 aromatic carbocycles. The van der Waals surface area contributed by atoms with Gasteiger partial charge in [0.15, 0.2) is 5.13 Å². The van der Waals surface area contributed by atoms with Crippen LogP contribution in [0.5, 0.6) is 0 Å². The smallest absolute Gasteiger partial charge is 0.225 e. The lowest BCUT2D eigenvalue weighted by atomic mass is 9.78. The number of aromatic nitrogens is 1. The van der Waals surface area contributed by atoms with Crippen LogP contribution in [0.25, 0.3) is 10.2 Å². The lowest BCUT2D eigenvalue weighted by Gasteiger charge is -2.37. The first-order valence-electron chi connectivity index (χ1n) is 10.9. The van der Waals surface area contributed by atoms with Crippen LogP contribution in [0.15, 0.2) is 12.1 Å². The first kappa shape index (κ1) is 19.7. The second-order valence-electron chi connectivity index (χ2n) is 9.09. The van der Waals surface area contributed by atoms with Crippen LogP contribution in [0, 0.1) is 31.6 Å². The molecule has 0 bridgehead atoms. The van der Waals surface area contributed by atoms with E-state index in [-0.39, 0.29) is 11.8 Å². The second-order valence-corrected chi connectivity index (χ2v) is 10.1. The Balaban J connectivity index is 1.45. The Morgan fingerprint density at radius 3 is 2.82 bits per heavy atom. The Kier molecular flexibility index (Phi) is 5.64. The van der Waals surface area contributed by atoms with Crippen molar-refractivity contribution in [2.75, 3.05) is 18.0 Å². The van der Waals surface area contributed by atoms with E-state index >= 15 is 0 Å². The van der Waals surface area contributed by atoms with Gasteiger partial charge in [-0.3, -0.25) is 4.79 Å². The van der Waals surface area contributed by atoms with Crippen molar-refractivity contribution in [2.24, 2.45) is 17.8 Å². The maximum Gasteiger partial charge on any atom is 0.225 e. The summed E-state index contributed by atoms with van der Waals surface area (Å²) in [7, 11) is 0. The minimum absolute atomic E-state index is 0.0769. The molecule has 0 spiro atoms. The van der Waals surface area contributed by atoms with E-state index in [1.54, 1.807) is 11.3 Å². The monoisotopic (exact) mass is 399 g/mol. The summed E-state index contributed by atoms with van der Waals surface area (Å²) in [4.78, 5) is 20.3. The first-order valence-corrected chi connectivity index (χ1v) is 11.7. The van der Waals surface area contributed by atoms with Crippen molar-refractivity contribution >= 4 is 32.6 Å². The number of nitrogens with zero attached hydrogens (tertiary/aromatic N) is 2. The summed E-state index contributed by atoms with van der Waals surface area (Å²) >= 11 is 1.77. The Morgan fingerprint density at radius 1 is 1.18 bits per heavy atom. The molecule has 1 saturated carbocycles. The molecule has 4 nitrogen and oxygen atoms in total. The van der Waals surface area contributed by atoms with Gasteiger partial charge in [-0.25, -0.2) is 4.98 Å². The summed E-state index contributed by atoms with van der Waals surface area (Å²) in [6, 6.07) is 4.77. The molecule has 5 heteroatoms. The van der Waals surface area contributed by atoms with Gasteiger partial charge in [-0.1, -0.05) is 44.1 Å². The second kappa shape index (κ2) is 8.02. The standard InChI is InChI=1S/C23H33N3OS/c1-14-11-16(3)21-20(12-14)28-23(25-21)26-10-6-8-18(13-26)22(27)24-19-9-5-7-15(2)17(19)4/h11-12,15,17-19H,5-10,13H2,1-4H3,(H,24,27)/t15-,17+,18-,19+/m0/s1. The predicted octanol–water partition coefficient (Wildman–Crippen LogP) is 5.07. The predicted molar refractivity (Wildman–Crippen MR) is 118 cm³/mol. The summed E-state index contributed by atoms with van der Waals surface area (Å²) in [5, 5.41) is 4.47. The van der Waals surface area contributed by atoms with Gasteiger partial charge in [0, 0.05) is 19.1 Å². The average Bonchev–Trinajstić information content (AvgIpc) is 3.10. The number of anilines is 1. The van der Waals surface area contributed by atoms with E-state index in [4.69, 9.17) is 4.98 Å². The van der Waals surface area contributed by atoms with Crippen LogP contribution in [0.2, 0.25) is 0 Å². The molecular formula is C23H33N3OS. The fourth-order valence-electron chi connectivity index (χ4n) is 4.95. The highest BCUT2D eigenvalue weighted by Crippen LogP contribution is 2.34. The number of nitrogens with one attached hydrogen (secondary N) is 1. The quantitative estimate of drug-likeness (QED) is 0.784. The number of aryl methyl sites for hydroxylation is 2. The average molecular weight is 400 g/mol. The summed E-state index contributed by atoms with van der Waals surface area (Å²) in [5.41, 5.74) is 3.64. The molecule has 2 aromatic rings. The number of hydrogen-bond donors (Lipinski definition) is 1. The molecule has 4 rings (SSSR count). The molecule has 0 unspecified atom stereocenters. The molecule has 1 aliphatic heterocycles. The third kappa shape index (κ3) is 3.91. The number of benzene rings is 1. The van der Waals surface area contributed by atoms with Crippen LogP contribution >= 0.6 is 11.3 Å². The number of piperidine rings is 1. The number of carbonyl (C=O) groups excluding carboxylic acids is 1. The number of amides is 1. The molecule has 1 aliphatic carbocycles. The van der Waals surface area contributed by atoms with Gasteiger partial charge in [0.05, 0.1) is 16.1 Å². The minimum atomic E-state index is 0.0769. The zero-order valence-corrected chi connectivity index (χ0v) is 18.4. The highest BCUT2D eigenvalue weighted by Gasteiger charge is 2.32. The Morgan fingerprint density at radius 2 is 2.00 bits per heavy atom. The van der Waals surface area contributed by atoms with Crippen LogP contribution in [0.1, 0.15) is 57.1 Å². The molecule has 28 heavy (non-hydrogen) atoms. The molecule has 4 atom stereocenters. The van der Waals surface area contributed by atoms with Crippen molar-refractivity contribution in [1.29, 1.82) is 0 Å². The number of hydrogen-bond acceptors (Lipinski definition) is 4. The topological polar surface area (TPSA) is 45.2 Å². The van der Waals surface area contributed by atoms with Crippen molar-refractivity contribution in [2.45, 2.75) is 65.8 Å². The van der Waals surface area contributed by atoms with Crippen LogP contribution < -0.4 is 10.2 Å². The molecule has 2 heterocycles. The van der Waals surface area contributed by atoms with Gasteiger partial charge in [0.2, 0.25) is 5.91 Å². The highest BCUT2D eigenvalue weighted by molar-refractivity contribution is 7.22. The zero-order valence-electron chi connectivity index (χ0n) is 17.6. The third-order valence-electron chi connectivity index (χ3n) is 6.92. The SMILES string of the molecule is Cc1cc(C)c2nc(N3CCC[C@H](C(=O)N[C@@H]4CCC[C@H](C)[C@H]4C)C3)sc2c1. The largest absolute Gasteiger partial charge is 0.353 e. The van der Waals surface area contributed by atoms with E-state index in [1.807, 2.05) is 0 Å². The number of thiazole rings is 1. The van der Waals surface area contributed by atoms with E-state index in [0.717, 1.165) is 43.0 Å². The zero-order chi connectivity index (χ0) is 19.8. The molecule has 2 fully saturated rings. The molecule has 1 N–H and O–H groups in total. The Hall–Kier alpha value is -1.62. The van der Waals surface area contributed by atoms with Crippen molar-refractivity contribution in [1.82, 2.24) is 10.3 Å². The fourth-order valence-corrected chi connectivity index (χ4v) is 6.12. The van der Waals surface area contributed by atoms with Crippen molar-refractivity contribution in [3.05, 3.63) is 23.3 Å². The maximum absolute atomic E-state index is 13.0. The summed E-state index contributed by atoms with van der Waals surface area (Å²) in [6.45, 7) is 10.7. The van der Waals surface area contributed by atoms with Crippen LogP contribution in [0.3, 0.4) is 0 Å². The lowest BCUT2D eigenvalue weighted by molar-refractivity contribution is -0.126. The Bertz CT molecular complexity index is 861.